The smallest absolute Gasteiger partial charge is 0.251 e. The lowest BCUT2D eigenvalue weighted by Crippen LogP contribution is -2.30. The number of benzene rings is 3. The molecule has 4 nitrogen and oxygen atoms in total. The first-order valence-electron chi connectivity index (χ1n) is 10.6. The van der Waals surface area contributed by atoms with Crippen LogP contribution in [-0.4, -0.2) is 15.3 Å². The summed E-state index contributed by atoms with van der Waals surface area (Å²) in [6.07, 6.45) is 5.25. The molecule has 152 valence electrons. The van der Waals surface area contributed by atoms with E-state index in [1.54, 1.807) is 11.3 Å². The Balaban J connectivity index is 1.30. The molecule has 0 spiro atoms. The second-order valence-corrected chi connectivity index (χ2v) is 9.06. The highest BCUT2D eigenvalue weighted by Crippen LogP contribution is 2.32. The zero-order chi connectivity index (χ0) is 20.8. The van der Waals surface area contributed by atoms with Crippen LogP contribution in [-0.2, 0) is 6.42 Å². The van der Waals surface area contributed by atoms with Crippen LogP contribution in [0.5, 0.6) is 0 Å². The number of thiazole rings is 1. The van der Waals surface area contributed by atoms with Gasteiger partial charge in [-0.2, -0.15) is 0 Å². The van der Waals surface area contributed by atoms with E-state index in [4.69, 9.17) is 4.98 Å². The molecule has 31 heavy (non-hydrogen) atoms. The van der Waals surface area contributed by atoms with Crippen molar-refractivity contribution in [2.45, 2.75) is 25.3 Å². The van der Waals surface area contributed by atoms with Crippen molar-refractivity contribution in [3.63, 3.8) is 0 Å². The predicted molar refractivity (Wildman–Crippen MR) is 126 cm³/mol. The summed E-state index contributed by atoms with van der Waals surface area (Å²) in [4.78, 5) is 18.8. The number of nitrogens with zero attached hydrogens (tertiary/aromatic N) is 2. The van der Waals surface area contributed by atoms with Crippen molar-refractivity contribution in [1.29, 1.82) is 0 Å². The molecule has 1 N–H and O–H groups in total. The molecule has 0 fully saturated rings. The van der Waals surface area contributed by atoms with Crippen molar-refractivity contribution in [2.24, 2.45) is 0 Å². The van der Waals surface area contributed by atoms with Gasteiger partial charge in [0.1, 0.15) is 0 Å². The Morgan fingerprint density at radius 3 is 2.77 bits per heavy atom. The van der Waals surface area contributed by atoms with Gasteiger partial charge in [-0.3, -0.25) is 9.20 Å². The lowest BCUT2D eigenvalue weighted by Gasteiger charge is -2.26. The molecule has 1 amide bonds. The van der Waals surface area contributed by atoms with Crippen LogP contribution in [0.25, 0.3) is 26.4 Å². The Bertz CT molecular complexity index is 1420. The number of aromatic nitrogens is 2. The summed E-state index contributed by atoms with van der Waals surface area (Å²) in [7, 11) is 0. The van der Waals surface area contributed by atoms with Crippen molar-refractivity contribution in [2.75, 3.05) is 0 Å². The van der Waals surface area contributed by atoms with Gasteiger partial charge >= 0.3 is 0 Å². The fourth-order valence-corrected chi connectivity index (χ4v) is 5.58. The van der Waals surface area contributed by atoms with E-state index in [2.05, 4.69) is 52.3 Å². The molecule has 5 aromatic rings. The molecule has 0 bridgehead atoms. The quantitative estimate of drug-likeness (QED) is 0.385. The maximum atomic E-state index is 13.0. The minimum absolute atomic E-state index is 0.0142. The molecule has 1 atom stereocenters. The summed E-state index contributed by atoms with van der Waals surface area (Å²) < 4.78 is 3.18. The van der Waals surface area contributed by atoms with Crippen LogP contribution in [0.2, 0.25) is 0 Å². The number of nitrogens with one attached hydrogen (secondary N) is 1. The van der Waals surface area contributed by atoms with E-state index in [1.165, 1.54) is 11.1 Å². The van der Waals surface area contributed by atoms with Gasteiger partial charge in [-0.25, -0.2) is 4.98 Å². The monoisotopic (exact) mass is 423 g/mol. The Morgan fingerprint density at radius 2 is 1.87 bits per heavy atom. The van der Waals surface area contributed by atoms with E-state index in [0.29, 0.717) is 5.56 Å². The summed E-state index contributed by atoms with van der Waals surface area (Å²) in [6, 6.07) is 24.7. The van der Waals surface area contributed by atoms with Crippen LogP contribution in [0, 0.1) is 0 Å². The van der Waals surface area contributed by atoms with Crippen molar-refractivity contribution in [3.8, 4) is 11.3 Å². The number of imidazole rings is 1. The van der Waals surface area contributed by atoms with E-state index in [0.717, 1.165) is 45.7 Å². The minimum atomic E-state index is -0.0142. The number of carbonyl (C=O) groups excluding carboxylic acids is 1. The molecule has 0 saturated heterocycles. The second kappa shape index (κ2) is 7.36. The Morgan fingerprint density at radius 1 is 1.03 bits per heavy atom. The zero-order valence-corrected chi connectivity index (χ0v) is 17.7. The van der Waals surface area contributed by atoms with Gasteiger partial charge in [0.15, 0.2) is 4.96 Å². The first-order valence-corrected chi connectivity index (χ1v) is 11.4. The molecule has 6 rings (SSSR count). The zero-order valence-electron chi connectivity index (χ0n) is 16.9. The maximum Gasteiger partial charge on any atom is 0.251 e. The summed E-state index contributed by atoms with van der Waals surface area (Å²) in [6.45, 7) is 0. The van der Waals surface area contributed by atoms with Crippen LogP contribution < -0.4 is 5.32 Å². The number of aryl methyl sites for hydroxylation is 1. The molecule has 1 aliphatic rings. The molecule has 1 aliphatic carbocycles. The number of hydrogen-bond acceptors (Lipinski definition) is 3. The fraction of sp³-hybridized carbons (Fsp3) is 0.154. The highest BCUT2D eigenvalue weighted by atomic mass is 32.1. The number of rotatable bonds is 3. The standard InChI is InChI=1S/C26H21N3OS/c30-25(27-21-12-6-10-17-7-4-5-11-20(17)21)19-13-14-23-24(15-19)31-26-28-22(16-29(23)26)18-8-2-1-3-9-18/h1-5,7-9,11,13-16,21H,6,10,12H2,(H,27,30)/t21-/m0/s1. The molecule has 0 aliphatic heterocycles. The summed E-state index contributed by atoms with van der Waals surface area (Å²) in [5.41, 5.74) is 6.45. The molecule has 2 heterocycles. The van der Waals surface area contributed by atoms with Crippen LogP contribution >= 0.6 is 11.3 Å². The predicted octanol–water partition coefficient (Wildman–Crippen LogP) is 6.02. The Labute approximate surface area is 184 Å². The van der Waals surface area contributed by atoms with Crippen LogP contribution in [0.15, 0.2) is 79.0 Å². The molecule has 0 unspecified atom stereocenters. The summed E-state index contributed by atoms with van der Waals surface area (Å²) in [5.74, 6) is -0.0142. The normalized spacial score (nSPS) is 15.8. The largest absolute Gasteiger partial charge is 0.345 e. The van der Waals surface area contributed by atoms with Gasteiger partial charge in [0.2, 0.25) is 0 Å². The average molecular weight is 424 g/mol. The number of fused-ring (bicyclic) bond motifs is 4. The third-order valence-electron chi connectivity index (χ3n) is 6.10. The van der Waals surface area contributed by atoms with Gasteiger partial charge in [-0.1, -0.05) is 65.9 Å². The van der Waals surface area contributed by atoms with Crippen molar-refractivity contribution < 1.29 is 4.79 Å². The van der Waals surface area contributed by atoms with Crippen LogP contribution in [0.3, 0.4) is 0 Å². The van der Waals surface area contributed by atoms with Gasteiger partial charge in [-0.05, 0) is 48.6 Å². The highest BCUT2D eigenvalue weighted by Gasteiger charge is 2.22. The van der Waals surface area contributed by atoms with E-state index < -0.39 is 0 Å². The van der Waals surface area contributed by atoms with E-state index >= 15 is 0 Å². The maximum absolute atomic E-state index is 13.0. The van der Waals surface area contributed by atoms with E-state index in [-0.39, 0.29) is 11.9 Å². The van der Waals surface area contributed by atoms with Gasteiger partial charge in [0.25, 0.3) is 5.91 Å². The minimum Gasteiger partial charge on any atom is -0.345 e. The second-order valence-electron chi connectivity index (χ2n) is 8.05. The van der Waals surface area contributed by atoms with Gasteiger partial charge in [0, 0.05) is 17.3 Å². The molecular weight excluding hydrogens is 402 g/mol. The molecule has 2 aromatic heterocycles. The lowest BCUT2D eigenvalue weighted by atomic mass is 9.87. The number of hydrogen-bond donors (Lipinski definition) is 1. The van der Waals surface area contributed by atoms with Crippen molar-refractivity contribution in [1.82, 2.24) is 14.7 Å². The summed E-state index contributed by atoms with van der Waals surface area (Å²) in [5, 5.41) is 3.26. The first kappa shape index (κ1) is 18.3. The van der Waals surface area contributed by atoms with Gasteiger partial charge in [-0.15, -0.1) is 0 Å². The van der Waals surface area contributed by atoms with Crippen LogP contribution in [0.1, 0.15) is 40.4 Å². The average Bonchev–Trinajstić information content (AvgIpc) is 3.37. The lowest BCUT2D eigenvalue weighted by molar-refractivity contribution is 0.0933. The van der Waals surface area contributed by atoms with E-state index in [9.17, 15) is 4.79 Å². The van der Waals surface area contributed by atoms with Crippen molar-refractivity contribution in [3.05, 3.63) is 95.7 Å². The van der Waals surface area contributed by atoms with Crippen LogP contribution in [0.4, 0.5) is 0 Å². The van der Waals surface area contributed by atoms with E-state index in [1.807, 2.05) is 36.4 Å². The molecule has 5 heteroatoms. The molecular formula is C26H21N3OS. The number of carbonyl (C=O) groups is 1. The first-order chi connectivity index (χ1) is 15.3. The molecule has 3 aromatic carbocycles. The third kappa shape index (κ3) is 3.22. The summed E-state index contributed by atoms with van der Waals surface area (Å²) >= 11 is 1.62. The van der Waals surface area contributed by atoms with Gasteiger partial charge in [0.05, 0.1) is 22.0 Å². The number of amides is 1. The Hall–Kier alpha value is -3.44. The molecule has 0 radical (unpaired) electrons. The fourth-order valence-electron chi connectivity index (χ4n) is 4.54. The Kier molecular flexibility index (Phi) is 4.35. The topological polar surface area (TPSA) is 46.4 Å². The molecule has 0 saturated carbocycles. The third-order valence-corrected chi connectivity index (χ3v) is 7.12. The SMILES string of the molecule is O=C(N[C@H]1CCCc2ccccc21)c1ccc2c(c1)sc1nc(-c3ccccc3)cn12. The van der Waals surface area contributed by atoms with Crippen molar-refractivity contribution >= 4 is 32.4 Å². The highest BCUT2D eigenvalue weighted by molar-refractivity contribution is 7.23. The van der Waals surface area contributed by atoms with Gasteiger partial charge < -0.3 is 5.32 Å².